The van der Waals surface area contributed by atoms with Gasteiger partial charge in [0.1, 0.15) is 0 Å². The molecule has 0 saturated heterocycles. The van der Waals surface area contributed by atoms with Crippen LogP contribution in [-0.4, -0.2) is 29.9 Å². The minimum Gasteiger partial charge on any atom is -0.392 e. The number of hydrogen-bond acceptors (Lipinski definition) is 5. The highest BCUT2D eigenvalue weighted by Crippen LogP contribution is 2.24. The molecule has 0 radical (unpaired) electrons. The van der Waals surface area contributed by atoms with E-state index in [0.717, 1.165) is 10.6 Å². The summed E-state index contributed by atoms with van der Waals surface area (Å²) in [4.78, 5) is 5.12. The first-order valence-electron chi connectivity index (χ1n) is 6.11. The number of halogens is 1. The third kappa shape index (κ3) is 3.44. The average Bonchev–Trinajstić information content (AvgIpc) is 2.84. The second kappa shape index (κ2) is 6.41. The van der Waals surface area contributed by atoms with Crippen molar-refractivity contribution in [2.24, 2.45) is 0 Å². The number of benzene rings is 1. The van der Waals surface area contributed by atoms with E-state index in [4.69, 9.17) is 16.7 Å². The number of hydrogen-bond donors (Lipinski definition) is 1. The quantitative estimate of drug-likeness (QED) is 0.902. The van der Waals surface area contributed by atoms with Gasteiger partial charge >= 0.3 is 0 Å². The largest absolute Gasteiger partial charge is 0.392 e. The van der Waals surface area contributed by atoms with Gasteiger partial charge in [-0.05, 0) is 24.6 Å². The SMILES string of the molecule is Cc1ncsc1CN(C)S(=O)(=O)c1ccc(CO)c(Cl)c1. The van der Waals surface area contributed by atoms with Crippen LogP contribution in [0.1, 0.15) is 16.1 Å². The summed E-state index contributed by atoms with van der Waals surface area (Å²) in [6, 6.07) is 4.32. The minimum atomic E-state index is -3.63. The summed E-state index contributed by atoms with van der Waals surface area (Å²) in [6.45, 7) is 1.88. The molecule has 1 aromatic carbocycles. The number of sulfonamides is 1. The zero-order chi connectivity index (χ0) is 15.6. The second-order valence-electron chi connectivity index (χ2n) is 4.53. The standard InChI is InChI=1S/C13H15ClN2O3S2/c1-9-13(20-8-15-9)6-16(2)21(18,19)11-4-3-10(7-17)12(14)5-11/h3-5,8,17H,6-7H2,1-2H3. The van der Waals surface area contributed by atoms with E-state index in [1.165, 1.54) is 40.9 Å². The maximum Gasteiger partial charge on any atom is 0.243 e. The second-order valence-corrected chi connectivity index (χ2v) is 7.92. The summed E-state index contributed by atoms with van der Waals surface area (Å²) in [6.07, 6.45) is 0. The molecule has 0 bridgehead atoms. The summed E-state index contributed by atoms with van der Waals surface area (Å²) in [7, 11) is -2.12. The molecule has 0 aliphatic carbocycles. The average molecular weight is 347 g/mol. The molecule has 8 heteroatoms. The highest BCUT2D eigenvalue weighted by Gasteiger charge is 2.22. The van der Waals surface area contributed by atoms with Gasteiger partial charge in [-0.3, -0.25) is 0 Å². The van der Waals surface area contributed by atoms with E-state index in [1.807, 2.05) is 6.92 Å². The molecule has 5 nitrogen and oxygen atoms in total. The lowest BCUT2D eigenvalue weighted by Crippen LogP contribution is -2.26. The summed E-state index contributed by atoms with van der Waals surface area (Å²) in [5.74, 6) is 0. The summed E-state index contributed by atoms with van der Waals surface area (Å²) in [5.41, 5.74) is 3.02. The molecule has 0 saturated carbocycles. The number of aromatic nitrogens is 1. The molecule has 0 aliphatic rings. The molecule has 0 unspecified atom stereocenters. The maximum atomic E-state index is 12.5. The van der Waals surface area contributed by atoms with Crippen molar-refractivity contribution in [1.82, 2.24) is 9.29 Å². The van der Waals surface area contributed by atoms with Crippen LogP contribution in [0.5, 0.6) is 0 Å². The molecule has 1 aromatic heterocycles. The first-order valence-corrected chi connectivity index (χ1v) is 8.80. The Morgan fingerprint density at radius 1 is 1.43 bits per heavy atom. The first-order chi connectivity index (χ1) is 9.86. The van der Waals surface area contributed by atoms with Crippen molar-refractivity contribution in [2.45, 2.75) is 25.0 Å². The van der Waals surface area contributed by atoms with Crippen LogP contribution >= 0.6 is 22.9 Å². The van der Waals surface area contributed by atoms with Gasteiger partial charge in [0.05, 0.1) is 22.7 Å². The third-order valence-electron chi connectivity index (χ3n) is 3.11. The molecule has 1 N–H and O–H groups in total. The Balaban J connectivity index is 2.29. The van der Waals surface area contributed by atoms with Crippen molar-refractivity contribution in [3.05, 3.63) is 44.9 Å². The van der Waals surface area contributed by atoms with E-state index in [2.05, 4.69) is 4.98 Å². The zero-order valence-electron chi connectivity index (χ0n) is 11.6. The smallest absolute Gasteiger partial charge is 0.243 e. The molecular formula is C13H15ClN2O3S2. The number of aryl methyl sites for hydroxylation is 1. The van der Waals surface area contributed by atoms with E-state index in [1.54, 1.807) is 5.51 Å². The Morgan fingerprint density at radius 2 is 2.14 bits per heavy atom. The fourth-order valence-electron chi connectivity index (χ4n) is 1.76. The lowest BCUT2D eigenvalue weighted by atomic mass is 10.2. The molecule has 0 fully saturated rings. The highest BCUT2D eigenvalue weighted by atomic mass is 35.5. The van der Waals surface area contributed by atoms with Crippen molar-refractivity contribution < 1.29 is 13.5 Å². The Labute approximate surface area is 132 Å². The monoisotopic (exact) mass is 346 g/mol. The van der Waals surface area contributed by atoms with Crippen molar-refractivity contribution in [1.29, 1.82) is 0 Å². The van der Waals surface area contributed by atoms with Crippen LogP contribution in [0, 0.1) is 6.92 Å². The van der Waals surface area contributed by atoms with Crippen molar-refractivity contribution in [3.63, 3.8) is 0 Å². The number of rotatable bonds is 5. The van der Waals surface area contributed by atoms with Crippen molar-refractivity contribution in [3.8, 4) is 0 Å². The van der Waals surface area contributed by atoms with Crippen LogP contribution in [0.25, 0.3) is 0 Å². The van der Waals surface area contributed by atoms with E-state index in [0.29, 0.717) is 5.56 Å². The van der Waals surface area contributed by atoms with Gasteiger partial charge in [-0.1, -0.05) is 17.7 Å². The normalized spacial score (nSPS) is 12.0. The molecular weight excluding hydrogens is 332 g/mol. The number of nitrogens with zero attached hydrogens (tertiary/aromatic N) is 2. The molecule has 0 amide bonds. The van der Waals surface area contributed by atoms with Gasteiger partial charge in [0.25, 0.3) is 0 Å². The van der Waals surface area contributed by atoms with Crippen molar-refractivity contribution in [2.75, 3.05) is 7.05 Å². The molecule has 2 rings (SSSR count). The molecule has 0 atom stereocenters. The number of aliphatic hydroxyl groups is 1. The third-order valence-corrected chi connectivity index (χ3v) is 6.19. The van der Waals surface area contributed by atoms with Crippen LogP contribution < -0.4 is 0 Å². The van der Waals surface area contributed by atoms with Gasteiger partial charge in [-0.2, -0.15) is 4.31 Å². The van der Waals surface area contributed by atoms with Crippen LogP contribution in [0.2, 0.25) is 5.02 Å². The zero-order valence-corrected chi connectivity index (χ0v) is 14.0. The predicted molar refractivity (Wildman–Crippen MR) is 82.9 cm³/mol. The van der Waals surface area contributed by atoms with Crippen molar-refractivity contribution >= 4 is 33.0 Å². The topological polar surface area (TPSA) is 70.5 Å². The van der Waals surface area contributed by atoms with Gasteiger partial charge in [-0.25, -0.2) is 13.4 Å². The summed E-state index contributed by atoms with van der Waals surface area (Å²) >= 11 is 7.38. The molecule has 21 heavy (non-hydrogen) atoms. The fraction of sp³-hybridized carbons (Fsp3) is 0.308. The Bertz CT molecular complexity index is 744. The van der Waals surface area contributed by atoms with Gasteiger partial charge in [0, 0.05) is 23.5 Å². The highest BCUT2D eigenvalue weighted by molar-refractivity contribution is 7.89. The van der Waals surface area contributed by atoms with Crippen LogP contribution in [0.3, 0.4) is 0 Å². The molecule has 0 spiro atoms. The van der Waals surface area contributed by atoms with Crippen LogP contribution in [0.15, 0.2) is 28.6 Å². The van der Waals surface area contributed by atoms with Crippen LogP contribution in [-0.2, 0) is 23.2 Å². The van der Waals surface area contributed by atoms with E-state index in [9.17, 15) is 8.42 Å². The van der Waals surface area contributed by atoms with Gasteiger partial charge in [-0.15, -0.1) is 11.3 Å². The Hall–Kier alpha value is -0.990. The molecule has 1 heterocycles. The van der Waals surface area contributed by atoms with Gasteiger partial charge in [0.15, 0.2) is 0 Å². The van der Waals surface area contributed by atoms with E-state index >= 15 is 0 Å². The lowest BCUT2D eigenvalue weighted by Gasteiger charge is -2.17. The first kappa shape index (κ1) is 16.4. The van der Waals surface area contributed by atoms with Gasteiger partial charge < -0.3 is 5.11 Å². The Kier molecular flexibility index (Phi) is 5.00. The van der Waals surface area contributed by atoms with Gasteiger partial charge in [0.2, 0.25) is 10.0 Å². The molecule has 114 valence electrons. The number of aliphatic hydroxyl groups excluding tert-OH is 1. The van der Waals surface area contributed by atoms with E-state index in [-0.39, 0.29) is 23.1 Å². The van der Waals surface area contributed by atoms with Crippen LogP contribution in [0.4, 0.5) is 0 Å². The summed E-state index contributed by atoms with van der Waals surface area (Å²) < 4.78 is 26.3. The fourth-order valence-corrected chi connectivity index (χ4v) is 4.14. The maximum absolute atomic E-state index is 12.5. The van der Waals surface area contributed by atoms with E-state index < -0.39 is 10.0 Å². The summed E-state index contributed by atoms with van der Waals surface area (Å²) in [5, 5.41) is 9.31. The molecule has 0 aliphatic heterocycles. The molecule has 2 aromatic rings. The minimum absolute atomic E-state index is 0.106. The Morgan fingerprint density at radius 3 is 2.67 bits per heavy atom. The predicted octanol–water partition coefficient (Wildman–Crippen LogP) is 2.42. The number of thiazole rings is 1. The lowest BCUT2D eigenvalue weighted by molar-refractivity contribution is 0.282.